The van der Waals surface area contributed by atoms with E-state index < -0.39 is 0 Å². The van der Waals surface area contributed by atoms with Crippen LogP contribution >= 0.6 is 0 Å². The van der Waals surface area contributed by atoms with E-state index in [-0.39, 0.29) is 0 Å². The predicted molar refractivity (Wildman–Crippen MR) is 72.9 cm³/mol. The van der Waals surface area contributed by atoms with E-state index in [0.29, 0.717) is 12.1 Å². The van der Waals surface area contributed by atoms with E-state index in [1.807, 2.05) is 6.20 Å². The summed E-state index contributed by atoms with van der Waals surface area (Å²) in [4.78, 5) is 0. The molecule has 1 saturated carbocycles. The van der Waals surface area contributed by atoms with Gasteiger partial charge in [0.25, 0.3) is 0 Å². The standard InChI is InChI=1S/C14H25N3O/c1-4-7-15-13-6-5-11(2)8-14(13)17-10-12(18-3)9-16-17/h9-11,13-15H,4-8H2,1-3H3. The average Bonchev–Trinajstić information content (AvgIpc) is 2.86. The molecule has 3 unspecified atom stereocenters. The van der Waals surface area contributed by atoms with E-state index in [2.05, 4.69) is 28.9 Å². The maximum absolute atomic E-state index is 5.23. The third-order valence-electron chi connectivity index (χ3n) is 3.89. The highest BCUT2D eigenvalue weighted by molar-refractivity contribution is 5.12. The monoisotopic (exact) mass is 251 g/mol. The van der Waals surface area contributed by atoms with Crippen molar-refractivity contribution >= 4 is 0 Å². The van der Waals surface area contributed by atoms with E-state index >= 15 is 0 Å². The van der Waals surface area contributed by atoms with Crippen LogP contribution in [0.4, 0.5) is 0 Å². The number of aromatic nitrogens is 2. The van der Waals surface area contributed by atoms with Crippen molar-refractivity contribution < 1.29 is 4.74 Å². The zero-order valence-corrected chi connectivity index (χ0v) is 11.7. The maximum Gasteiger partial charge on any atom is 0.156 e. The maximum atomic E-state index is 5.23. The normalized spacial score (nSPS) is 28.3. The summed E-state index contributed by atoms with van der Waals surface area (Å²) < 4.78 is 7.31. The number of nitrogens with zero attached hydrogens (tertiary/aromatic N) is 2. The van der Waals surface area contributed by atoms with E-state index in [9.17, 15) is 0 Å². The Bertz CT molecular complexity index is 362. The molecule has 1 aliphatic carbocycles. The zero-order chi connectivity index (χ0) is 13.0. The molecule has 4 heteroatoms. The first-order valence-corrected chi connectivity index (χ1v) is 7.06. The molecule has 1 aromatic heterocycles. The van der Waals surface area contributed by atoms with Gasteiger partial charge in [-0.3, -0.25) is 4.68 Å². The highest BCUT2D eigenvalue weighted by atomic mass is 16.5. The highest BCUT2D eigenvalue weighted by Crippen LogP contribution is 2.33. The van der Waals surface area contributed by atoms with Gasteiger partial charge in [0.15, 0.2) is 5.75 Å². The van der Waals surface area contributed by atoms with Crippen LogP contribution in [0.25, 0.3) is 0 Å². The smallest absolute Gasteiger partial charge is 0.156 e. The molecule has 1 fully saturated rings. The van der Waals surface area contributed by atoms with Crippen molar-refractivity contribution in [2.45, 2.75) is 51.6 Å². The predicted octanol–water partition coefficient (Wildman–Crippen LogP) is 2.62. The first kappa shape index (κ1) is 13.4. The Morgan fingerprint density at radius 2 is 2.33 bits per heavy atom. The van der Waals surface area contributed by atoms with Crippen LogP contribution < -0.4 is 10.1 Å². The fourth-order valence-electron chi connectivity index (χ4n) is 2.82. The van der Waals surface area contributed by atoms with Crippen LogP contribution in [0.3, 0.4) is 0 Å². The van der Waals surface area contributed by atoms with Crippen LogP contribution in [0, 0.1) is 5.92 Å². The van der Waals surface area contributed by atoms with Gasteiger partial charge in [-0.2, -0.15) is 5.10 Å². The van der Waals surface area contributed by atoms with Gasteiger partial charge in [0.1, 0.15) is 0 Å². The first-order valence-electron chi connectivity index (χ1n) is 7.06. The van der Waals surface area contributed by atoms with Gasteiger partial charge in [0.05, 0.1) is 25.5 Å². The number of hydrogen-bond acceptors (Lipinski definition) is 3. The van der Waals surface area contributed by atoms with Crippen molar-refractivity contribution in [2.75, 3.05) is 13.7 Å². The van der Waals surface area contributed by atoms with Crippen LogP contribution in [-0.2, 0) is 0 Å². The number of methoxy groups -OCH3 is 1. The summed E-state index contributed by atoms with van der Waals surface area (Å²) in [6.07, 6.45) is 8.76. The minimum absolute atomic E-state index is 0.462. The molecule has 102 valence electrons. The third kappa shape index (κ3) is 3.05. The van der Waals surface area contributed by atoms with E-state index in [0.717, 1.165) is 18.2 Å². The third-order valence-corrected chi connectivity index (χ3v) is 3.89. The van der Waals surface area contributed by atoms with Crippen molar-refractivity contribution in [3.8, 4) is 5.75 Å². The summed E-state index contributed by atoms with van der Waals surface area (Å²) in [5.74, 6) is 1.63. The fraction of sp³-hybridized carbons (Fsp3) is 0.786. The SMILES string of the molecule is CCCNC1CCC(C)CC1n1cc(OC)cn1. The van der Waals surface area contributed by atoms with E-state index in [1.54, 1.807) is 13.3 Å². The molecule has 1 heterocycles. The molecule has 0 spiro atoms. The van der Waals surface area contributed by atoms with Gasteiger partial charge < -0.3 is 10.1 Å². The molecule has 1 aromatic rings. The van der Waals surface area contributed by atoms with Crippen LogP contribution in [0.5, 0.6) is 5.75 Å². The number of ether oxygens (including phenoxy) is 1. The van der Waals surface area contributed by atoms with Gasteiger partial charge in [-0.15, -0.1) is 0 Å². The zero-order valence-electron chi connectivity index (χ0n) is 11.7. The van der Waals surface area contributed by atoms with Crippen molar-refractivity contribution in [1.29, 1.82) is 0 Å². The molecule has 18 heavy (non-hydrogen) atoms. The van der Waals surface area contributed by atoms with Gasteiger partial charge in [-0.25, -0.2) is 0 Å². The second kappa shape index (κ2) is 6.23. The van der Waals surface area contributed by atoms with Crippen molar-refractivity contribution in [2.24, 2.45) is 5.92 Å². The van der Waals surface area contributed by atoms with Crippen molar-refractivity contribution in [1.82, 2.24) is 15.1 Å². The van der Waals surface area contributed by atoms with Crippen LogP contribution in [-0.4, -0.2) is 29.5 Å². The number of hydrogen-bond donors (Lipinski definition) is 1. The quantitative estimate of drug-likeness (QED) is 0.874. The van der Waals surface area contributed by atoms with E-state index in [1.165, 1.54) is 25.7 Å². The minimum Gasteiger partial charge on any atom is -0.493 e. The van der Waals surface area contributed by atoms with Gasteiger partial charge in [-0.1, -0.05) is 13.8 Å². The lowest BCUT2D eigenvalue weighted by Crippen LogP contribution is -2.42. The minimum atomic E-state index is 0.462. The average molecular weight is 251 g/mol. The Hall–Kier alpha value is -1.03. The molecular formula is C14H25N3O. The second-order valence-electron chi connectivity index (χ2n) is 5.41. The Morgan fingerprint density at radius 3 is 3.00 bits per heavy atom. The molecule has 0 saturated heterocycles. The highest BCUT2D eigenvalue weighted by Gasteiger charge is 2.30. The van der Waals surface area contributed by atoms with Crippen LogP contribution in [0.2, 0.25) is 0 Å². The Morgan fingerprint density at radius 1 is 1.50 bits per heavy atom. The first-order chi connectivity index (χ1) is 8.74. The molecule has 0 aliphatic heterocycles. The number of rotatable bonds is 5. The molecular weight excluding hydrogens is 226 g/mol. The lowest BCUT2D eigenvalue weighted by Gasteiger charge is -2.35. The molecule has 4 nitrogen and oxygen atoms in total. The fourth-order valence-corrected chi connectivity index (χ4v) is 2.82. The Kier molecular flexibility index (Phi) is 4.64. The molecule has 3 atom stereocenters. The molecule has 0 bridgehead atoms. The Balaban J connectivity index is 2.08. The lowest BCUT2D eigenvalue weighted by atomic mass is 9.83. The molecule has 1 aliphatic rings. The molecule has 1 N–H and O–H groups in total. The number of nitrogens with one attached hydrogen (secondary N) is 1. The molecule has 2 rings (SSSR count). The van der Waals surface area contributed by atoms with Crippen molar-refractivity contribution in [3.05, 3.63) is 12.4 Å². The molecule has 0 radical (unpaired) electrons. The van der Waals surface area contributed by atoms with Crippen LogP contribution in [0.1, 0.15) is 45.6 Å². The van der Waals surface area contributed by atoms with Gasteiger partial charge in [0.2, 0.25) is 0 Å². The lowest BCUT2D eigenvalue weighted by molar-refractivity contribution is 0.203. The van der Waals surface area contributed by atoms with Gasteiger partial charge in [0, 0.05) is 6.04 Å². The summed E-state index contributed by atoms with van der Waals surface area (Å²) >= 11 is 0. The molecule has 0 amide bonds. The largest absolute Gasteiger partial charge is 0.493 e. The topological polar surface area (TPSA) is 39.1 Å². The molecule has 0 aromatic carbocycles. The summed E-state index contributed by atoms with van der Waals surface area (Å²) in [6.45, 7) is 5.64. The second-order valence-corrected chi connectivity index (χ2v) is 5.41. The Labute approximate surface area is 110 Å². The van der Waals surface area contributed by atoms with Gasteiger partial charge in [-0.05, 0) is 38.1 Å². The van der Waals surface area contributed by atoms with Crippen molar-refractivity contribution in [3.63, 3.8) is 0 Å². The summed E-state index contributed by atoms with van der Waals surface area (Å²) in [7, 11) is 1.69. The summed E-state index contributed by atoms with van der Waals surface area (Å²) in [6, 6.07) is 1.01. The summed E-state index contributed by atoms with van der Waals surface area (Å²) in [5, 5.41) is 8.12. The van der Waals surface area contributed by atoms with Gasteiger partial charge >= 0.3 is 0 Å². The van der Waals surface area contributed by atoms with E-state index in [4.69, 9.17) is 4.74 Å². The summed E-state index contributed by atoms with van der Waals surface area (Å²) in [5.41, 5.74) is 0. The van der Waals surface area contributed by atoms with Crippen LogP contribution in [0.15, 0.2) is 12.4 Å².